The van der Waals surface area contributed by atoms with Crippen molar-refractivity contribution >= 4 is 23.1 Å². The second-order valence-electron chi connectivity index (χ2n) is 9.60. The van der Waals surface area contributed by atoms with Crippen LogP contribution in [0.4, 0.5) is 10.5 Å². The maximum Gasteiger partial charge on any atom is 0.411 e. The standard InChI is InChI=1S/C26H32N4O2S/c1-17(2)18-6-8-20(9-7-18)27-26(31)32-16-21-13-19-10-11-30(21)15-22(19)24-14-23(28-29(24)3)25-5-4-12-33-25/h4-9,12,14,17,19,21-22H,10-11,13,15-16H2,1-3H3,(H,27,31)/t19-,21+,22-/m0/s1. The van der Waals surface area contributed by atoms with Gasteiger partial charge in [-0.1, -0.05) is 32.0 Å². The zero-order valence-electron chi connectivity index (χ0n) is 19.5. The molecule has 6 nitrogen and oxygen atoms in total. The molecule has 0 spiro atoms. The number of carbonyl (C=O) groups is 1. The summed E-state index contributed by atoms with van der Waals surface area (Å²) in [5.74, 6) is 1.55. The van der Waals surface area contributed by atoms with Crippen LogP contribution in [0.25, 0.3) is 10.6 Å². The molecule has 3 fully saturated rings. The number of fused-ring (bicyclic) bond motifs is 3. The van der Waals surface area contributed by atoms with E-state index in [9.17, 15) is 4.79 Å². The number of ether oxygens (including phenoxy) is 1. The van der Waals surface area contributed by atoms with Gasteiger partial charge in [0.2, 0.25) is 0 Å². The van der Waals surface area contributed by atoms with E-state index in [2.05, 4.69) is 71.5 Å². The van der Waals surface area contributed by atoms with Crippen LogP contribution in [-0.2, 0) is 11.8 Å². The molecule has 0 aliphatic carbocycles. The Hall–Kier alpha value is -2.64. The molecule has 3 aliphatic rings. The van der Waals surface area contributed by atoms with Crippen LogP contribution < -0.4 is 5.32 Å². The highest BCUT2D eigenvalue weighted by molar-refractivity contribution is 7.13. The normalized spacial score (nSPS) is 24.2. The maximum atomic E-state index is 12.4. The number of carbonyl (C=O) groups excluding carboxylic acids is 1. The van der Waals surface area contributed by atoms with Gasteiger partial charge in [0.05, 0.1) is 4.88 Å². The van der Waals surface area contributed by atoms with Gasteiger partial charge < -0.3 is 4.74 Å². The smallest absolute Gasteiger partial charge is 0.411 e. The van der Waals surface area contributed by atoms with Crippen LogP contribution in [0, 0.1) is 5.92 Å². The molecular formula is C26H32N4O2S. The average molecular weight is 465 g/mol. The van der Waals surface area contributed by atoms with E-state index >= 15 is 0 Å². The van der Waals surface area contributed by atoms with Gasteiger partial charge in [-0.15, -0.1) is 11.3 Å². The Kier molecular flexibility index (Phi) is 6.25. The lowest BCUT2D eigenvalue weighted by Gasteiger charge is -2.49. The maximum absolute atomic E-state index is 12.4. The molecule has 2 aromatic heterocycles. The highest BCUT2D eigenvalue weighted by Crippen LogP contribution is 2.42. The van der Waals surface area contributed by atoms with Crippen LogP contribution in [0.5, 0.6) is 0 Å². The zero-order valence-corrected chi connectivity index (χ0v) is 20.3. The van der Waals surface area contributed by atoms with Gasteiger partial charge in [-0.2, -0.15) is 5.10 Å². The van der Waals surface area contributed by atoms with Gasteiger partial charge in [0.1, 0.15) is 12.3 Å². The summed E-state index contributed by atoms with van der Waals surface area (Å²) < 4.78 is 7.69. The van der Waals surface area contributed by atoms with Gasteiger partial charge in [-0.25, -0.2) is 4.79 Å². The Bertz CT molecular complexity index is 1090. The Labute approximate surface area is 199 Å². The Morgan fingerprint density at radius 1 is 1.27 bits per heavy atom. The molecule has 4 atom stereocenters. The average Bonchev–Trinajstić information content (AvgIpc) is 3.48. The summed E-state index contributed by atoms with van der Waals surface area (Å²) >= 11 is 1.73. The second-order valence-corrected chi connectivity index (χ2v) is 10.5. The molecule has 1 amide bonds. The lowest BCUT2D eigenvalue weighted by atomic mass is 9.74. The molecule has 1 aromatic carbocycles. The number of benzene rings is 1. The molecule has 0 radical (unpaired) electrons. The van der Waals surface area contributed by atoms with Crippen molar-refractivity contribution in [3.63, 3.8) is 0 Å². The van der Waals surface area contributed by atoms with Crippen LogP contribution >= 0.6 is 11.3 Å². The lowest BCUT2D eigenvalue weighted by Crippen LogP contribution is -2.54. The van der Waals surface area contributed by atoms with Crippen molar-refractivity contribution in [3.8, 4) is 10.6 Å². The Morgan fingerprint density at radius 2 is 2.09 bits per heavy atom. The van der Waals surface area contributed by atoms with Crippen LogP contribution in [-0.4, -0.2) is 46.5 Å². The fraction of sp³-hybridized carbons (Fsp3) is 0.462. The minimum atomic E-state index is -0.376. The first-order valence-electron chi connectivity index (χ1n) is 11.8. The SMILES string of the molecule is CC(C)c1ccc(NC(=O)OC[C@H]2C[C@@H]3CCN2C[C@@H]3c2cc(-c3cccs3)nn2C)cc1. The number of rotatable bonds is 6. The minimum Gasteiger partial charge on any atom is -0.448 e. The highest BCUT2D eigenvalue weighted by atomic mass is 32.1. The molecule has 3 aliphatic heterocycles. The van der Waals surface area contributed by atoms with E-state index in [-0.39, 0.29) is 6.09 Å². The number of hydrogen-bond acceptors (Lipinski definition) is 5. The molecule has 7 heteroatoms. The Balaban J connectivity index is 1.17. The van der Waals surface area contributed by atoms with Gasteiger partial charge in [0.25, 0.3) is 0 Å². The van der Waals surface area contributed by atoms with E-state index in [4.69, 9.17) is 9.84 Å². The number of aryl methyl sites for hydroxylation is 1. The first kappa shape index (κ1) is 22.2. The van der Waals surface area contributed by atoms with Gasteiger partial charge in [-0.05, 0) is 66.4 Å². The largest absolute Gasteiger partial charge is 0.448 e. The highest BCUT2D eigenvalue weighted by Gasteiger charge is 2.42. The fourth-order valence-corrected chi connectivity index (χ4v) is 5.98. The summed E-state index contributed by atoms with van der Waals surface area (Å²) in [6.07, 6.45) is 1.87. The third kappa shape index (κ3) is 4.70. The number of hydrogen-bond donors (Lipinski definition) is 1. The number of nitrogens with one attached hydrogen (secondary N) is 1. The predicted octanol–water partition coefficient (Wildman–Crippen LogP) is 5.70. The fourth-order valence-electron chi connectivity index (χ4n) is 5.30. The van der Waals surface area contributed by atoms with E-state index < -0.39 is 0 Å². The van der Waals surface area contributed by atoms with Gasteiger partial charge >= 0.3 is 6.09 Å². The number of thiophene rings is 1. The summed E-state index contributed by atoms with van der Waals surface area (Å²) in [6.45, 7) is 6.82. The van der Waals surface area contributed by atoms with Crippen LogP contribution in [0.3, 0.4) is 0 Å². The molecule has 2 bridgehead atoms. The topological polar surface area (TPSA) is 59.4 Å². The first-order chi connectivity index (χ1) is 16.0. The van der Waals surface area contributed by atoms with Gasteiger partial charge in [-0.3, -0.25) is 14.9 Å². The molecule has 0 saturated carbocycles. The van der Waals surface area contributed by atoms with E-state index in [0.717, 1.165) is 30.9 Å². The van der Waals surface area contributed by atoms with Crippen LogP contribution in [0.2, 0.25) is 0 Å². The van der Waals surface area contributed by atoms with Crippen LogP contribution in [0.1, 0.15) is 49.8 Å². The molecule has 5 heterocycles. The van der Waals surface area contributed by atoms with Crippen molar-refractivity contribution in [1.82, 2.24) is 14.7 Å². The molecule has 1 N–H and O–H groups in total. The van der Waals surface area contributed by atoms with Crippen molar-refractivity contribution in [3.05, 3.63) is 59.1 Å². The van der Waals surface area contributed by atoms with Crippen molar-refractivity contribution < 1.29 is 9.53 Å². The number of aromatic nitrogens is 2. The van der Waals surface area contributed by atoms with Gasteiger partial charge in [0.15, 0.2) is 0 Å². The molecular weight excluding hydrogens is 432 g/mol. The zero-order chi connectivity index (χ0) is 22.9. The monoisotopic (exact) mass is 464 g/mol. The first-order valence-corrected chi connectivity index (χ1v) is 12.7. The van der Waals surface area contributed by atoms with E-state index in [0.29, 0.717) is 30.4 Å². The third-order valence-electron chi connectivity index (χ3n) is 7.18. The minimum absolute atomic E-state index is 0.291. The predicted molar refractivity (Wildman–Crippen MR) is 133 cm³/mol. The summed E-state index contributed by atoms with van der Waals surface area (Å²) in [6, 6.07) is 14.7. The Morgan fingerprint density at radius 3 is 2.76 bits per heavy atom. The van der Waals surface area contributed by atoms with Crippen molar-refractivity contribution in [2.75, 3.05) is 25.0 Å². The third-order valence-corrected chi connectivity index (χ3v) is 8.07. The van der Waals surface area contributed by atoms with E-state index in [1.807, 2.05) is 12.1 Å². The van der Waals surface area contributed by atoms with E-state index in [1.165, 1.54) is 22.6 Å². The van der Waals surface area contributed by atoms with Crippen molar-refractivity contribution in [2.24, 2.45) is 13.0 Å². The molecule has 33 heavy (non-hydrogen) atoms. The summed E-state index contributed by atoms with van der Waals surface area (Å²) in [5.41, 5.74) is 4.41. The number of piperidine rings is 3. The quantitative estimate of drug-likeness (QED) is 0.508. The molecule has 174 valence electrons. The van der Waals surface area contributed by atoms with E-state index in [1.54, 1.807) is 11.3 Å². The molecule has 1 unspecified atom stereocenters. The molecule has 6 rings (SSSR count). The van der Waals surface area contributed by atoms with Gasteiger partial charge in [0, 0.05) is 36.9 Å². The molecule has 3 saturated heterocycles. The lowest BCUT2D eigenvalue weighted by molar-refractivity contribution is -0.00222. The summed E-state index contributed by atoms with van der Waals surface area (Å²) in [5, 5.41) is 9.73. The van der Waals surface area contributed by atoms with Crippen molar-refractivity contribution in [1.29, 1.82) is 0 Å². The second kappa shape index (κ2) is 9.31. The summed E-state index contributed by atoms with van der Waals surface area (Å²) in [4.78, 5) is 16.1. The summed E-state index contributed by atoms with van der Waals surface area (Å²) in [7, 11) is 2.06. The van der Waals surface area contributed by atoms with Crippen molar-refractivity contribution in [2.45, 2.75) is 44.6 Å². The molecule has 3 aromatic rings. The number of nitrogens with zero attached hydrogens (tertiary/aromatic N) is 3. The van der Waals surface area contributed by atoms with Crippen LogP contribution in [0.15, 0.2) is 47.8 Å². The number of amides is 1. The number of anilines is 1.